The highest BCUT2D eigenvalue weighted by Gasteiger charge is 2.63. The fourth-order valence-corrected chi connectivity index (χ4v) is 3.92. The van der Waals surface area contributed by atoms with Crippen molar-refractivity contribution in [1.29, 1.82) is 0 Å². The fraction of sp³-hybridized carbons (Fsp3) is 0.941. The molecule has 0 aromatic rings. The molecule has 1 amide bonds. The molecular weight excluding hydrogens is 264 g/mol. The summed E-state index contributed by atoms with van der Waals surface area (Å²) in [6.45, 7) is 6.80. The lowest BCUT2D eigenvalue weighted by molar-refractivity contribution is -0.180. The Hall–Kier alpha value is -0.610. The lowest BCUT2D eigenvalue weighted by Crippen LogP contribution is -2.76. The number of nitrogens with zero attached hydrogens (tertiary/aromatic N) is 1. The first-order chi connectivity index (χ1) is 9.84. The number of hydrogen-bond donors (Lipinski definition) is 1. The van der Waals surface area contributed by atoms with Crippen molar-refractivity contribution < 1.29 is 9.53 Å². The molecule has 4 nitrogen and oxygen atoms in total. The van der Waals surface area contributed by atoms with E-state index in [1.54, 1.807) is 0 Å². The molecule has 2 N–H and O–H groups in total. The Morgan fingerprint density at radius 2 is 1.81 bits per heavy atom. The van der Waals surface area contributed by atoms with Crippen molar-refractivity contribution in [3.05, 3.63) is 0 Å². The Kier molecular flexibility index (Phi) is 4.99. The zero-order chi connectivity index (χ0) is 15.7. The monoisotopic (exact) mass is 296 g/mol. The van der Waals surface area contributed by atoms with Gasteiger partial charge in [0.25, 0.3) is 0 Å². The van der Waals surface area contributed by atoms with Gasteiger partial charge in [0.2, 0.25) is 5.91 Å². The van der Waals surface area contributed by atoms with E-state index in [0.717, 1.165) is 12.8 Å². The van der Waals surface area contributed by atoms with Crippen LogP contribution in [0, 0.1) is 5.41 Å². The summed E-state index contributed by atoms with van der Waals surface area (Å²) < 4.78 is 5.73. The Morgan fingerprint density at radius 1 is 1.24 bits per heavy atom. The number of ether oxygens (including phenoxy) is 1. The van der Waals surface area contributed by atoms with Crippen LogP contribution < -0.4 is 5.73 Å². The molecule has 0 aromatic heterocycles. The molecule has 2 fully saturated rings. The molecular formula is C17H32N2O2. The van der Waals surface area contributed by atoms with Gasteiger partial charge < -0.3 is 15.4 Å². The highest BCUT2D eigenvalue weighted by Crippen LogP contribution is 2.50. The number of carbonyl (C=O) groups is 1. The Balaban J connectivity index is 2.05. The third kappa shape index (κ3) is 2.85. The van der Waals surface area contributed by atoms with Crippen molar-refractivity contribution in [2.75, 3.05) is 13.7 Å². The van der Waals surface area contributed by atoms with E-state index in [9.17, 15) is 4.79 Å². The maximum absolute atomic E-state index is 13.0. The van der Waals surface area contributed by atoms with Gasteiger partial charge in [-0.15, -0.1) is 0 Å². The van der Waals surface area contributed by atoms with Crippen molar-refractivity contribution in [2.24, 2.45) is 11.1 Å². The van der Waals surface area contributed by atoms with Crippen molar-refractivity contribution in [3.63, 3.8) is 0 Å². The van der Waals surface area contributed by atoms with Gasteiger partial charge in [-0.2, -0.15) is 0 Å². The zero-order valence-corrected chi connectivity index (χ0v) is 14.2. The number of likely N-dealkylation sites (N-methyl/N-ethyl adjacent to an activating group) is 1. The Morgan fingerprint density at radius 3 is 2.29 bits per heavy atom. The SMILES string of the molecule is CCOC1CC(N)(C(=O)N(C)C2CCCCCC2)C1(C)C. The van der Waals surface area contributed by atoms with Gasteiger partial charge in [0, 0.05) is 31.5 Å². The molecule has 2 atom stereocenters. The molecule has 0 aromatic carbocycles. The van der Waals surface area contributed by atoms with Crippen LogP contribution in [0.15, 0.2) is 0 Å². The van der Waals surface area contributed by atoms with Crippen LogP contribution in [0.2, 0.25) is 0 Å². The minimum Gasteiger partial charge on any atom is -0.378 e. The number of hydrogen-bond acceptors (Lipinski definition) is 3. The van der Waals surface area contributed by atoms with Crippen LogP contribution in [-0.4, -0.2) is 42.1 Å². The number of amides is 1. The van der Waals surface area contributed by atoms with Crippen LogP contribution in [0.4, 0.5) is 0 Å². The summed E-state index contributed by atoms with van der Waals surface area (Å²) in [5.74, 6) is 0.107. The summed E-state index contributed by atoms with van der Waals surface area (Å²) in [6, 6.07) is 0.363. The maximum atomic E-state index is 13.0. The molecule has 2 unspecified atom stereocenters. The van der Waals surface area contributed by atoms with E-state index < -0.39 is 5.54 Å². The van der Waals surface area contributed by atoms with Crippen molar-refractivity contribution >= 4 is 5.91 Å². The lowest BCUT2D eigenvalue weighted by Gasteiger charge is -2.58. The molecule has 0 spiro atoms. The molecule has 0 radical (unpaired) electrons. The highest BCUT2D eigenvalue weighted by atomic mass is 16.5. The molecule has 2 rings (SSSR count). The van der Waals surface area contributed by atoms with Crippen molar-refractivity contribution in [2.45, 2.75) is 83.4 Å². The van der Waals surface area contributed by atoms with E-state index >= 15 is 0 Å². The molecule has 2 aliphatic carbocycles. The molecule has 2 saturated carbocycles. The van der Waals surface area contributed by atoms with Crippen LogP contribution in [0.25, 0.3) is 0 Å². The van der Waals surface area contributed by atoms with Gasteiger partial charge in [0.15, 0.2) is 0 Å². The molecule has 0 heterocycles. The summed E-state index contributed by atoms with van der Waals surface area (Å²) in [4.78, 5) is 14.9. The Bertz CT molecular complexity index is 375. The smallest absolute Gasteiger partial charge is 0.243 e. The predicted molar refractivity (Wildman–Crippen MR) is 85.0 cm³/mol. The quantitative estimate of drug-likeness (QED) is 0.812. The summed E-state index contributed by atoms with van der Waals surface area (Å²) in [6.07, 6.45) is 8.02. The summed E-state index contributed by atoms with van der Waals surface area (Å²) in [7, 11) is 1.94. The first kappa shape index (κ1) is 16.8. The number of nitrogens with two attached hydrogens (primary N) is 1. The molecule has 21 heavy (non-hydrogen) atoms. The standard InChI is InChI=1S/C17H32N2O2/c1-5-21-14-12-17(18,16(14,2)3)15(20)19(4)13-10-8-6-7-9-11-13/h13-14H,5-12,18H2,1-4H3. The van der Waals surface area contributed by atoms with Crippen LogP contribution in [0.5, 0.6) is 0 Å². The van der Waals surface area contributed by atoms with E-state index in [1.807, 2.05) is 18.9 Å². The fourth-order valence-electron chi connectivity index (χ4n) is 3.92. The van der Waals surface area contributed by atoms with Gasteiger partial charge in [-0.25, -0.2) is 0 Å². The molecule has 0 bridgehead atoms. The molecule has 122 valence electrons. The van der Waals surface area contributed by atoms with Gasteiger partial charge >= 0.3 is 0 Å². The Labute approximate surface area is 129 Å². The number of rotatable bonds is 4. The normalized spacial score (nSPS) is 33.1. The first-order valence-electron chi connectivity index (χ1n) is 8.52. The predicted octanol–water partition coefficient (Wildman–Crippen LogP) is 2.70. The van der Waals surface area contributed by atoms with Crippen molar-refractivity contribution in [1.82, 2.24) is 4.90 Å². The molecule has 2 aliphatic rings. The highest BCUT2D eigenvalue weighted by molar-refractivity contribution is 5.89. The summed E-state index contributed by atoms with van der Waals surface area (Å²) >= 11 is 0. The summed E-state index contributed by atoms with van der Waals surface area (Å²) in [5, 5.41) is 0. The van der Waals surface area contributed by atoms with E-state index in [4.69, 9.17) is 10.5 Å². The minimum atomic E-state index is -0.770. The third-order valence-corrected chi connectivity index (χ3v) is 5.90. The van der Waals surface area contributed by atoms with Crippen LogP contribution in [0.1, 0.15) is 65.7 Å². The number of carbonyl (C=O) groups excluding carboxylic acids is 1. The molecule has 0 saturated heterocycles. The zero-order valence-electron chi connectivity index (χ0n) is 14.2. The molecule has 0 aliphatic heterocycles. The largest absolute Gasteiger partial charge is 0.378 e. The van der Waals surface area contributed by atoms with Gasteiger partial charge in [-0.05, 0) is 19.8 Å². The van der Waals surface area contributed by atoms with Gasteiger partial charge in [-0.3, -0.25) is 4.79 Å². The second-order valence-corrected chi connectivity index (χ2v) is 7.40. The second-order valence-electron chi connectivity index (χ2n) is 7.40. The van der Waals surface area contributed by atoms with E-state index in [0.29, 0.717) is 19.1 Å². The average molecular weight is 296 g/mol. The van der Waals surface area contributed by atoms with Gasteiger partial charge in [0.1, 0.15) is 5.54 Å². The first-order valence-corrected chi connectivity index (χ1v) is 8.52. The maximum Gasteiger partial charge on any atom is 0.243 e. The molecule has 4 heteroatoms. The van der Waals surface area contributed by atoms with E-state index in [2.05, 4.69) is 13.8 Å². The minimum absolute atomic E-state index is 0.0963. The van der Waals surface area contributed by atoms with Crippen LogP contribution in [0.3, 0.4) is 0 Å². The van der Waals surface area contributed by atoms with Crippen LogP contribution >= 0.6 is 0 Å². The van der Waals surface area contributed by atoms with Crippen LogP contribution in [-0.2, 0) is 9.53 Å². The van der Waals surface area contributed by atoms with E-state index in [1.165, 1.54) is 25.7 Å². The van der Waals surface area contributed by atoms with E-state index in [-0.39, 0.29) is 17.4 Å². The van der Waals surface area contributed by atoms with Gasteiger partial charge in [-0.1, -0.05) is 39.5 Å². The third-order valence-electron chi connectivity index (χ3n) is 5.90. The average Bonchev–Trinajstić information content (AvgIpc) is 2.74. The second kappa shape index (κ2) is 6.25. The summed E-state index contributed by atoms with van der Waals surface area (Å²) in [5.41, 5.74) is 5.46. The van der Waals surface area contributed by atoms with Gasteiger partial charge in [0.05, 0.1) is 6.10 Å². The van der Waals surface area contributed by atoms with Crippen molar-refractivity contribution in [3.8, 4) is 0 Å². The lowest BCUT2D eigenvalue weighted by atomic mass is 9.54. The topological polar surface area (TPSA) is 55.6 Å².